The van der Waals surface area contributed by atoms with Crippen molar-refractivity contribution in [2.45, 2.75) is 51.4 Å². The molecule has 16 heavy (non-hydrogen) atoms. The molecule has 2 rings (SSSR count). The maximum absolute atomic E-state index is 11.9. The van der Waals surface area contributed by atoms with E-state index in [9.17, 15) is 15.0 Å². The summed E-state index contributed by atoms with van der Waals surface area (Å²) in [7, 11) is 0. The van der Waals surface area contributed by atoms with E-state index in [1.54, 1.807) is 0 Å². The van der Waals surface area contributed by atoms with Gasteiger partial charge in [-0.05, 0) is 39.5 Å². The first-order valence-electron chi connectivity index (χ1n) is 5.88. The van der Waals surface area contributed by atoms with Gasteiger partial charge in [-0.2, -0.15) is 0 Å². The van der Waals surface area contributed by atoms with Crippen LogP contribution >= 0.6 is 0 Å². The standard InChI is InChI=1S/C12H20O4/c1-12(2,3)16-11(15)8-5-6-4-7(8)10(14)9(6)13/h6-10,13-14H,4-5H2,1-3H3/t6-,7+,8?,9?,10?/m0/s1. The van der Waals surface area contributed by atoms with E-state index in [0.29, 0.717) is 6.42 Å². The molecule has 0 radical (unpaired) electrons. The number of rotatable bonds is 1. The predicted molar refractivity (Wildman–Crippen MR) is 57.6 cm³/mol. The van der Waals surface area contributed by atoms with Crippen LogP contribution in [0.4, 0.5) is 0 Å². The highest BCUT2D eigenvalue weighted by Gasteiger charge is 2.54. The smallest absolute Gasteiger partial charge is 0.309 e. The Labute approximate surface area is 95.6 Å². The molecule has 3 unspecified atom stereocenters. The molecule has 0 spiro atoms. The van der Waals surface area contributed by atoms with Crippen LogP contribution in [-0.4, -0.2) is 34.0 Å². The van der Waals surface area contributed by atoms with Crippen LogP contribution in [0.5, 0.6) is 0 Å². The number of esters is 1. The van der Waals surface area contributed by atoms with Gasteiger partial charge in [-0.25, -0.2) is 0 Å². The van der Waals surface area contributed by atoms with Gasteiger partial charge in [-0.1, -0.05) is 0 Å². The molecule has 92 valence electrons. The molecule has 4 nitrogen and oxygen atoms in total. The highest BCUT2D eigenvalue weighted by Crippen LogP contribution is 2.49. The highest BCUT2D eigenvalue weighted by molar-refractivity contribution is 5.74. The first-order valence-corrected chi connectivity index (χ1v) is 5.88. The summed E-state index contributed by atoms with van der Waals surface area (Å²) >= 11 is 0. The number of hydrogen-bond donors (Lipinski definition) is 2. The molecule has 2 saturated carbocycles. The summed E-state index contributed by atoms with van der Waals surface area (Å²) in [5.74, 6) is -0.513. The van der Waals surface area contributed by atoms with Crippen LogP contribution in [0.25, 0.3) is 0 Å². The molecule has 0 aromatic heterocycles. The topological polar surface area (TPSA) is 66.8 Å². The maximum Gasteiger partial charge on any atom is 0.309 e. The number of aliphatic hydroxyl groups excluding tert-OH is 2. The van der Waals surface area contributed by atoms with Gasteiger partial charge in [-0.15, -0.1) is 0 Å². The average Bonchev–Trinajstić information content (AvgIpc) is 2.65. The molecule has 2 N–H and O–H groups in total. The van der Waals surface area contributed by atoms with Crippen molar-refractivity contribution in [1.82, 2.24) is 0 Å². The second-order valence-electron chi connectivity index (χ2n) is 6.02. The maximum atomic E-state index is 11.9. The molecular weight excluding hydrogens is 208 g/mol. The zero-order valence-corrected chi connectivity index (χ0v) is 10.0. The minimum atomic E-state index is -0.753. The van der Waals surface area contributed by atoms with Crippen LogP contribution < -0.4 is 0 Å². The van der Waals surface area contributed by atoms with Crippen LogP contribution in [-0.2, 0) is 9.53 Å². The highest BCUT2D eigenvalue weighted by atomic mass is 16.6. The van der Waals surface area contributed by atoms with Crippen LogP contribution in [0, 0.1) is 17.8 Å². The summed E-state index contributed by atoms with van der Waals surface area (Å²) in [4.78, 5) is 11.9. The summed E-state index contributed by atoms with van der Waals surface area (Å²) in [6.45, 7) is 5.51. The summed E-state index contributed by atoms with van der Waals surface area (Å²) in [6.07, 6.45) is -0.00991. The van der Waals surface area contributed by atoms with E-state index >= 15 is 0 Å². The fourth-order valence-corrected chi connectivity index (χ4v) is 2.95. The minimum Gasteiger partial charge on any atom is -0.460 e. The van der Waals surface area contributed by atoms with Gasteiger partial charge in [0.05, 0.1) is 18.1 Å². The number of carbonyl (C=O) groups excluding carboxylic acids is 1. The van der Waals surface area contributed by atoms with Crippen molar-refractivity contribution < 1.29 is 19.7 Å². The van der Waals surface area contributed by atoms with Gasteiger partial charge in [0.1, 0.15) is 5.60 Å². The molecule has 0 aromatic carbocycles. The van der Waals surface area contributed by atoms with Crippen molar-refractivity contribution in [2.75, 3.05) is 0 Å². The third kappa shape index (κ3) is 1.96. The van der Waals surface area contributed by atoms with Crippen molar-refractivity contribution in [3.63, 3.8) is 0 Å². The molecule has 2 fully saturated rings. The van der Waals surface area contributed by atoms with Crippen LogP contribution in [0.2, 0.25) is 0 Å². The third-order valence-electron chi connectivity index (χ3n) is 3.63. The van der Waals surface area contributed by atoms with Crippen LogP contribution in [0.1, 0.15) is 33.6 Å². The van der Waals surface area contributed by atoms with E-state index in [1.165, 1.54) is 0 Å². The fourth-order valence-electron chi connectivity index (χ4n) is 2.95. The lowest BCUT2D eigenvalue weighted by molar-refractivity contribution is -0.165. The Bertz CT molecular complexity index is 292. The summed E-state index contributed by atoms with van der Waals surface area (Å²) in [5, 5.41) is 19.4. The van der Waals surface area contributed by atoms with Crippen LogP contribution in [0.15, 0.2) is 0 Å². The first kappa shape index (κ1) is 11.9. The molecule has 0 aromatic rings. The lowest BCUT2D eigenvalue weighted by Gasteiger charge is -2.30. The molecule has 2 aliphatic carbocycles. The molecule has 0 aliphatic heterocycles. The largest absolute Gasteiger partial charge is 0.460 e. The zero-order valence-electron chi connectivity index (χ0n) is 10.0. The summed E-state index contributed by atoms with van der Waals surface area (Å²) in [6, 6.07) is 0. The van der Waals surface area contributed by atoms with Gasteiger partial charge in [-0.3, -0.25) is 4.79 Å². The number of hydrogen-bond acceptors (Lipinski definition) is 4. The molecule has 0 saturated heterocycles. The second kappa shape index (κ2) is 3.70. The molecule has 5 atom stereocenters. The molecular formula is C12H20O4. The van der Waals surface area contributed by atoms with E-state index in [4.69, 9.17) is 4.74 Å². The van der Waals surface area contributed by atoms with E-state index in [0.717, 1.165) is 6.42 Å². The van der Waals surface area contributed by atoms with E-state index in [2.05, 4.69) is 0 Å². The van der Waals surface area contributed by atoms with E-state index < -0.39 is 17.8 Å². The lowest BCUT2D eigenvalue weighted by atomic mass is 9.85. The Kier molecular flexibility index (Phi) is 2.75. The minimum absolute atomic E-state index is 0.0671. The molecule has 2 bridgehead atoms. The Morgan fingerprint density at radius 2 is 1.81 bits per heavy atom. The van der Waals surface area contributed by atoms with E-state index in [1.807, 2.05) is 20.8 Å². The fraction of sp³-hybridized carbons (Fsp3) is 0.917. The Morgan fingerprint density at radius 1 is 1.19 bits per heavy atom. The molecule has 0 heterocycles. The first-order chi connectivity index (χ1) is 7.29. The van der Waals surface area contributed by atoms with Crippen molar-refractivity contribution in [3.8, 4) is 0 Å². The lowest BCUT2D eigenvalue weighted by Crippen LogP contribution is -2.41. The third-order valence-corrected chi connectivity index (χ3v) is 3.63. The van der Waals surface area contributed by atoms with Gasteiger partial charge >= 0.3 is 5.97 Å². The van der Waals surface area contributed by atoms with Crippen molar-refractivity contribution in [2.24, 2.45) is 17.8 Å². The normalized spacial score (nSPS) is 42.4. The number of fused-ring (bicyclic) bond motifs is 2. The zero-order chi connectivity index (χ0) is 12.1. The average molecular weight is 228 g/mol. The van der Waals surface area contributed by atoms with Crippen molar-refractivity contribution in [3.05, 3.63) is 0 Å². The monoisotopic (exact) mass is 228 g/mol. The number of aliphatic hydroxyl groups is 2. The quantitative estimate of drug-likeness (QED) is 0.648. The van der Waals surface area contributed by atoms with Gasteiger partial charge in [0.25, 0.3) is 0 Å². The van der Waals surface area contributed by atoms with Crippen molar-refractivity contribution >= 4 is 5.97 Å². The molecule has 4 heteroatoms. The van der Waals surface area contributed by atoms with Gasteiger partial charge in [0.2, 0.25) is 0 Å². The van der Waals surface area contributed by atoms with Gasteiger partial charge in [0, 0.05) is 5.92 Å². The Morgan fingerprint density at radius 3 is 2.25 bits per heavy atom. The predicted octanol–water partition coefficient (Wildman–Crippen LogP) is 0.706. The second-order valence-corrected chi connectivity index (χ2v) is 6.02. The number of ether oxygens (including phenoxy) is 1. The summed E-state index contributed by atoms with van der Waals surface area (Å²) in [5.41, 5.74) is -0.484. The van der Waals surface area contributed by atoms with Gasteiger partial charge in [0.15, 0.2) is 0 Å². The summed E-state index contributed by atoms with van der Waals surface area (Å²) < 4.78 is 5.33. The SMILES string of the molecule is CC(C)(C)OC(=O)C1C[C@@H]2C[C@H]1C(O)C2O. The van der Waals surface area contributed by atoms with Crippen molar-refractivity contribution in [1.29, 1.82) is 0 Å². The Hall–Kier alpha value is -0.610. The van der Waals surface area contributed by atoms with Crippen LogP contribution in [0.3, 0.4) is 0 Å². The number of carbonyl (C=O) groups is 1. The Balaban J connectivity index is 2.01. The van der Waals surface area contributed by atoms with Gasteiger partial charge < -0.3 is 14.9 Å². The molecule has 0 amide bonds. The molecule has 2 aliphatic rings. The van der Waals surface area contributed by atoms with E-state index in [-0.39, 0.29) is 23.7 Å².